The second kappa shape index (κ2) is 7.58. The van der Waals surface area contributed by atoms with E-state index in [2.05, 4.69) is 16.2 Å². The molecule has 2 aromatic heterocycles. The second-order valence-electron chi connectivity index (χ2n) is 8.82. The van der Waals surface area contributed by atoms with Crippen molar-refractivity contribution in [1.82, 2.24) is 14.6 Å². The predicted octanol–water partition coefficient (Wildman–Crippen LogP) is 2.26. The average molecular weight is 443 g/mol. The Balaban J connectivity index is 1.42. The molecule has 1 aliphatic carbocycles. The molecular formula is C21H25N5O6. The number of hydrogen-bond donors (Lipinski definition) is 1. The van der Waals surface area contributed by atoms with Crippen LogP contribution < -0.4 is 5.73 Å². The number of nitriles is 1. The van der Waals surface area contributed by atoms with Gasteiger partial charge in [0.25, 0.3) is 0 Å². The number of carbonyl (C=O) groups is 1. The van der Waals surface area contributed by atoms with Gasteiger partial charge in [-0.15, -0.1) is 0 Å². The van der Waals surface area contributed by atoms with Crippen molar-refractivity contribution in [2.24, 2.45) is 0 Å². The van der Waals surface area contributed by atoms with E-state index in [0.717, 1.165) is 25.7 Å². The first-order valence-corrected chi connectivity index (χ1v) is 10.7. The fourth-order valence-corrected chi connectivity index (χ4v) is 4.73. The molecule has 0 radical (unpaired) electrons. The van der Waals surface area contributed by atoms with Crippen molar-refractivity contribution in [3.05, 3.63) is 24.2 Å². The zero-order chi connectivity index (χ0) is 22.5. The summed E-state index contributed by atoms with van der Waals surface area (Å²) in [5.74, 6) is -0.639. The molecule has 0 amide bonds. The number of fused-ring (bicyclic) bond motifs is 2. The standard InChI is InChI=1S/C21H25N5O6/c1-20(2)30-16-15(13-7-8-14-18(23)24-11-25-26(13)14)31-21(9-22,17(16)32-20)10-28-19(27)29-12-5-3-4-6-12/h7-8,11-12,15-17H,3-6,10H2,1-2H3,(H2,23,24,25)/t15-,16?,17?,21+/m0/s1. The molecule has 3 aliphatic rings. The molecule has 11 nitrogen and oxygen atoms in total. The van der Waals surface area contributed by atoms with Crippen LogP contribution in [0.25, 0.3) is 5.52 Å². The predicted molar refractivity (Wildman–Crippen MR) is 108 cm³/mol. The van der Waals surface area contributed by atoms with Crippen molar-refractivity contribution in [3.63, 3.8) is 0 Å². The maximum atomic E-state index is 12.2. The fraction of sp³-hybridized carbons (Fsp3) is 0.619. The third-order valence-corrected chi connectivity index (χ3v) is 6.19. The van der Waals surface area contributed by atoms with Gasteiger partial charge in [0.05, 0.1) is 5.69 Å². The zero-order valence-corrected chi connectivity index (χ0v) is 17.9. The van der Waals surface area contributed by atoms with Crippen LogP contribution in [0.5, 0.6) is 0 Å². The van der Waals surface area contributed by atoms with Gasteiger partial charge in [-0.3, -0.25) is 0 Å². The number of rotatable bonds is 4. The van der Waals surface area contributed by atoms with Crippen molar-refractivity contribution >= 4 is 17.5 Å². The quantitative estimate of drug-likeness (QED) is 0.699. The van der Waals surface area contributed by atoms with Gasteiger partial charge in [0.2, 0.25) is 5.60 Å². The third-order valence-electron chi connectivity index (χ3n) is 6.19. The Labute approximate surface area is 184 Å². The minimum atomic E-state index is -1.58. The highest BCUT2D eigenvalue weighted by molar-refractivity contribution is 5.65. The van der Waals surface area contributed by atoms with Gasteiger partial charge in [-0.1, -0.05) is 0 Å². The lowest BCUT2D eigenvalue weighted by Gasteiger charge is -2.28. The molecule has 4 heterocycles. The van der Waals surface area contributed by atoms with E-state index in [9.17, 15) is 10.1 Å². The third kappa shape index (κ3) is 3.44. The van der Waals surface area contributed by atoms with E-state index in [-0.39, 0.29) is 12.7 Å². The second-order valence-corrected chi connectivity index (χ2v) is 8.82. The van der Waals surface area contributed by atoms with Crippen LogP contribution in [0.1, 0.15) is 51.3 Å². The normalized spacial score (nSPS) is 31.5. The Morgan fingerprint density at radius 2 is 2.09 bits per heavy atom. The number of nitrogens with two attached hydrogens (primary N) is 1. The maximum absolute atomic E-state index is 12.2. The van der Waals surface area contributed by atoms with Crippen LogP contribution in [0.3, 0.4) is 0 Å². The Kier molecular flexibility index (Phi) is 4.96. The lowest BCUT2D eigenvalue weighted by molar-refractivity contribution is -0.205. The van der Waals surface area contributed by atoms with Gasteiger partial charge in [0.1, 0.15) is 48.9 Å². The highest BCUT2D eigenvalue weighted by Gasteiger charge is 2.65. The van der Waals surface area contributed by atoms with Crippen molar-refractivity contribution in [1.29, 1.82) is 5.26 Å². The van der Waals surface area contributed by atoms with Crippen LogP contribution in [-0.2, 0) is 23.7 Å². The first-order valence-electron chi connectivity index (χ1n) is 10.7. The molecule has 0 aromatic carbocycles. The molecule has 5 rings (SSSR count). The van der Waals surface area contributed by atoms with Gasteiger partial charge >= 0.3 is 6.16 Å². The van der Waals surface area contributed by atoms with Crippen LogP contribution in [0, 0.1) is 11.3 Å². The molecule has 2 aromatic rings. The van der Waals surface area contributed by atoms with E-state index in [0.29, 0.717) is 17.0 Å². The summed E-state index contributed by atoms with van der Waals surface area (Å²) in [6.45, 7) is 3.17. The van der Waals surface area contributed by atoms with Gasteiger partial charge in [-0.2, -0.15) is 10.4 Å². The molecule has 2 aliphatic heterocycles. The summed E-state index contributed by atoms with van der Waals surface area (Å²) < 4.78 is 30.6. The number of nitrogens with zero attached hydrogens (tertiary/aromatic N) is 4. The lowest BCUT2D eigenvalue weighted by Crippen LogP contribution is -2.46. The molecule has 2 unspecified atom stereocenters. The molecule has 32 heavy (non-hydrogen) atoms. The number of nitrogen functional groups attached to an aromatic ring is 1. The smallest absolute Gasteiger partial charge is 0.431 e. The van der Waals surface area contributed by atoms with Crippen LogP contribution in [0.2, 0.25) is 0 Å². The molecule has 3 fully saturated rings. The molecule has 2 N–H and O–H groups in total. The Bertz CT molecular complexity index is 1070. The minimum absolute atomic E-state index is 0.146. The zero-order valence-electron chi connectivity index (χ0n) is 17.9. The van der Waals surface area contributed by atoms with Crippen molar-refractivity contribution in [2.75, 3.05) is 12.3 Å². The molecule has 170 valence electrons. The number of hydrogen-bond acceptors (Lipinski definition) is 10. The van der Waals surface area contributed by atoms with Crippen LogP contribution >= 0.6 is 0 Å². The summed E-state index contributed by atoms with van der Waals surface area (Å²) in [5.41, 5.74) is 5.60. The topological polar surface area (TPSA) is 143 Å². The Hall–Kier alpha value is -2.94. The lowest BCUT2D eigenvalue weighted by atomic mass is 9.96. The summed E-state index contributed by atoms with van der Waals surface area (Å²) in [6, 6.07) is 5.72. The Morgan fingerprint density at radius 3 is 2.84 bits per heavy atom. The summed E-state index contributed by atoms with van der Waals surface area (Å²) in [5, 5.41) is 14.4. The van der Waals surface area contributed by atoms with Gasteiger partial charge in [-0.05, 0) is 51.7 Å². The molecule has 1 saturated carbocycles. The van der Waals surface area contributed by atoms with Gasteiger partial charge < -0.3 is 29.4 Å². The van der Waals surface area contributed by atoms with Crippen LogP contribution in [0.4, 0.5) is 10.6 Å². The van der Waals surface area contributed by atoms with E-state index < -0.39 is 35.9 Å². The molecule has 4 atom stereocenters. The Morgan fingerprint density at radius 1 is 1.31 bits per heavy atom. The summed E-state index contributed by atoms with van der Waals surface area (Å²) in [6.07, 6.45) is 1.92. The average Bonchev–Trinajstić information content (AvgIpc) is 3.51. The monoisotopic (exact) mass is 443 g/mol. The highest BCUT2D eigenvalue weighted by atomic mass is 16.8. The van der Waals surface area contributed by atoms with Crippen molar-refractivity contribution in [2.45, 2.75) is 75.3 Å². The first-order chi connectivity index (χ1) is 15.3. The molecule has 0 bridgehead atoms. The number of anilines is 1. The highest BCUT2D eigenvalue weighted by Crippen LogP contribution is 2.50. The molecule has 0 spiro atoms. The van der Waals surface area contributed by atoms with E-state index in [1.807, 2.05) is 0 Å². The van der Waals surface area contributed by atoms with E-state index >= 15 is 0 Å². The number of carbonyl (C=O) groups excluding carboxylic acids is 1. The maximum Gasteiger partial charge on any atom is 0.508 e. The fourth-order valence-electron chi connectivity index (χ4n) is 4.73. The van der Waals surface area contributed by atoms with Crippen molar-refractivity contribution < 1.29 is 28.5 Å². The number of ether oxygens (including phenoxy) is 5. The van der Waals surface area contributed by atoms with Crippen molar-refractivity contribution in [3.8, 4) is 6.07 Å². The largest absolute Gasteiger partial charge is 0.508 e. The number of aromatic nitrogens is 3. The molecule has 11 heteroatoms. The van der Waals surface area contributed by atoms with E-state index in [1.54, 1.807) is 30.5 Å². The summed E-state index contributed by atoms with van der Waals surface area (Å²) >= 11 is 0. The van der Waals surface area contributed by atoms with Gasteiger partial charge in [-0.25, -0.2) is 14.3 Å². The summed E-state index contributed by atoms with van der Waals surface area (Å²) in [4.78, 5) is 16.2. The van der Waals surface area contributed by atoms with E-state index in [1.165, 1.54) is 6.33 Å². The van der Waals surface area contributed by atoms with Gasteiger partial charge in [0, 0.05) is 0 Å². The SMILES string of the molecule is CC1(C)OC2C(O1)[C@@](C#N)(COC(=O)OC1CCCC1)O[C@H]2c1ccc2c(N)ncnn12. The van der Waals surface area contributed by atoms with Crippen LogP contribution in [-0.4, -0.2) is 57.1 Å². The van der Waals surface area contributed by atoms with Gasteiger partial charge in [0.15, 0.2) is 11.6 Å². The minimum Gasteiger partial charge on any atom is -0.431 e. The van der Waals surface area contributed by atoms with E-state index in [4.69, 9.17) is 29.4 Å². The first kappa shape index (κ1) is 20.9. The molecular weight excluding hydrogens is 418 g/mol. The van der Waals surface area contributed by atoms with Crippen LogP contribution in [0.15, 0.2) is 18.5 Å². The summed E-state index contributed by atoms with van der Waals surface area (Å²) in [7, 11) is 0. The molecule has 2 saturated heterocycles.